The highest BCUT2D eigenvalue weighted by atomic mass is 19.2. The van der Waals surface area contributed by atoms with E-state index in [9.17, 15) is 18.8 Å². The molecule has 5 rings (SSSR count). The molecule has 194 valence electrons. The van der Waals surface area contributed by atoms with Crippen LogP contribution >= 0.6 is 0 Å². The number of nitrogens with two attached hydrogens (primary N) is 1. The quantitative estimate of drug-likeness (QED) is 0.289. The Balaban J connectivity index is 1.32. The summed E-state index contributed by atoms with van der Waals surface area (Å²) in [6.07, 6.45) is 4.46. The third-order valence-corrected chi connectivity index (χ3v) is 6.10. The minimum atomic E-state index is -1.02. The van der Waals surface area contributed by atoms with Gasteiger partial charge in [0.15, 0.2) is 34.7 Å². The zero-order chi connectivity index (χ0) is 27.5. The number of anilines is 2. The van der Waals surface area contributed by atoms with Crippen molar-refractivity contribution in [3.63, 3.8) is 0 Å². The summed E-state index contributed by atoms with van der Waals surface area (Å²) < 4.78 is 28.6. The number of fused-ring (bicyclic) bond motifs is 1. The first-order valence-corrected chi connectivity index (χ1v) is 11.8. The lowest BCUT2D eigenvalue weighted by Crippen LogP contribution is -2.29. The van der Waals surface area contributed by atoms with E-state index in [2.05, 4.69) is 30.7 Å². The second-order valence-electron chi connectivity index (χ2n) is 8.65. The van der Waals surface area contributed by atoms with Gasteiger partial charge in [-0.15, -0.1) is 0 Å². The van der Waals surface area contributed by atoms with E-state index < -0.39 is 23.6 Å². The molecule has 10 nitrogen and oxygen atoms in total. The van der Waals surface area contributed by atoms with Crippen molar-refractivity contribution < 1.29 is 13.6 Å². The van der Waals surface area contributed by atoms with Crippen molar-refractivity contribution in [2.45, 2.75) is 19.5 Å². The maximum Gasteiger partial charge on any atom is 0.274 e. The average molecular weight is 526 g/mol. The zero-order valence-electron chi connectivity index (χ0n) is 20.6. The van der Waals surface area contributed by atoms with E-state index in [1.54, 1.807) is 11.4 Å². The van der Waals surface area contributed by atoms with Crippen molar-refractivity contribution in [2.75, 3.05) is 11.1 Å². The number of halogens is 2. The molecular formula is C27H21F2N9O. The summed E-state index contributed by atoms with van der Waals surface area (Å²) in [5.74, 6) is -2.09. The number of rotatable bonds is 7. The minimum Gasteiger partial charge on any atom is -0.382 e. The van der Waals surface area contributed by atoms with Crippen LogP contribution in [-0.2, 0) is 6.54 Å². The monoisotopic (exact) mass is 525 g/mol. The van der Waals surface area contributed by atoms with Crippen molar-refractivity contribution in [3.05, 3.63) is 101 Å². The summed E-state index contributed by atoms with van der Waals surface area (Å²) in [7, 11) is 0. The highest BCUT2D eigenvalue weighted by Crippen LogP contribution is 2.28. The molecule has 0 bridgehead atoms. The lowest BCUT2D eigenvalue weighted by Gasteiger charge is -2.16. The van der Waals surface area contributed by atoms with E-state index in [-0.39, 0.29) is 17.2 Å². The second kappa shape index (κ2) is 10.5. The molecule has 3 heterocycles. The van der Waals surface area contributed by atoms with Crippen LogP contribution in [0.5, 0.6) is 0 Å². The Morgan fingerprint density at radius 2 is 1.92 bits per heavy atom. The maximum atomic E-state index is 13.6. The van der Waals surface area contributed by atoms with Gasteiger partial charge in [0.2, 0.25) is 0 Å². The number of nitrogens with zero attached hydrogens (tertiary/aromatic N) is 6. The van der Waals surface area contributed by atoms with Crippen LogP contribution in [0.3, 0.4) is 0 Å². The molecule has 5 aromatic rings. The first-order chi connectivity index (χ1) is 18.8. The van der Waals surface area contributed by atoms with Crippen molar-refractivity contribution >= 4 is 23.1 Å². The van der Waals surface area contributed by atoms with Gasteiger partial charge in [0.1, 0.15) is 17.9 Å². The normalized spacial score (nSPS) is 11.6. The third kappa shape index (κ3) is 5.19. The van der Waals surface area contributed by atoms with Crippen LogP contribution in [0.4, 0.5) is 20.4 Å². The van der Waals surface area contributed by atoms with Gasteiger partial charge >= 0.3 is 0 Å². The number of amides is 1. The van der Waals surface area contributed by atoms with Gasteiger partial charge in [-0.2, -0.15) is 10.4 Å². The fourth-order valence-electron chi connectivity index (χ4n) is 4.06. The van der Waals surface area contributed by atoms with Gasteiger partial charge in [-0.05, 0) is 41.8 Å². The summed E-state index contributed by atoms with van der Waals surface area (Å²) in [5, 5.41) is 19.2. The standard InChI is InChI=1S/C27H21F2N9O/c1-15(18-6-7-21(28)22(29)10-18)36-27(39)23-26(33-13-19(11-30)37-23)32-12-16-2-4-17(5-3-16)20-8-9-38-24(20)25(31)34-14-35-38/h2-10,13-15H,12H2,1H3,(H,32,33)(H,36,39)(H2,31,34,35)/t15-/m0/s1. The number of nitrogen functional groups attached to an aromatic ring is 1. The summed E-state index contributed by atoms with van der Waals surface area (Å²) in [4.78, 5) is 25.4. The van der Waals surface area contributed by atoms with Gasteiger partial charge in [0.05, 0.1) is 12.2 Å². The Kier molecular flexibility index (Phi) is 6.79. The molecule has 12 heteroatoms. The van der Waals surface area contributed by atoms with E-state index in [0.29, 0.717) is 23.4 Å². The molecule has 4 N–H and O–H groups in total. The molecule has 0 saturated heterocycles. The summed E-state index contributed by atoms with van der Waals surface area (Å²) in [5.41, 5.74) is 9.67. The van der Waals surface area contributed by atoms with Crippen LogP contribution < -0.4 is 16.4 Å². The topological polar surface area (TPSA) is 147 Å². The number of hydrogen-bond donors (Lipinski definition) is 3. The molecule has 3 aromatic heterocycles. The lowest BCUT2D eigenvalue weighted by atomic mass is 10.1. The molecule has 1 atom stereocenters. The largest absolute Gasteiger partial charge is 0.382 e. The first kappa shape index (κ1) is 25.2. The Labute approximate surface area is 221 Å². The molecule has 0 spiro atoms. The van der Waals surface area contributed by atoms with Crippen LogP contribution in [0.15, 0.2) is 67.3 Å². The summed E-state index contributed by atoms with van der Waals surface area (Å²) in [6.45, 7) is 1.93. The van der Waals surface area contributed by atoms with Crippen molar-refractivity contribution in [2.24, 2.45) is 0 Å². The number of hydrogen-bond acceptors (Lipinski definition) is 8. The molecular weight excluding hydrogens is 504 g/mol. The third-order valence-electron chi connectivity index (χ3n) is 6.10. The number of nitriles is 1. The predicted molar refractivity (Wildman–Crippen MR) is 139 cm³/mol. The Morgan fingerprint density at radius 3 is 2.67 bits per heavy atom. The first-order valence-electron chi connectivity index (χ1n) is 11.8. The molecule has 0 fully saturated rings. The molecule has 0 aliphatic carbocycles. The number of benzene rings is 2. The van der Waals surface area contributed by atoms with E-state index in [4.69, 9.17) is 5.73 Å². The molecule has 0 aliphatic rings. The molecule has 0 radical (unpaired) electrons. The SMILES string of the molecule is C[C@H](NC(=O)c1nc(C#N)cnc1NCc1ccc(-c2ccn3ncnc(N)c23)cc1)c1ccc(F)c(F)c1. The molecule has 0 saturated carbocycles. The Morgan fingerprint density at radius 1 is 1.13 bits per heavy atom. The summed E-state index contributed by atoms with van der Waals surface area (Å²) in [6, 6.07) is 14.2. The van der Waals surface area contributed by atoms with Crippen LogP contribution in [0.2, 0.25) is 0 Å². The van der Waals surface area contributed by atoms with E-state index in [1.165, 1.54) is 18.6 Å². The summed E-state index contributed by atoms with van der Waals surface area (Å²) >= 11 is 0. The van der Waals surface area contributed by atoms with Gasteiger partial charge in [-0.25, -0.2) is 28.2 Å². The van der Waals surface area contributed by atoms with Gasteiger partial charge in [-0.1, -0.05) is 30.3 Å². The van der Waals surface area contributed by atoms with Gasteiger partial charge in [0, 0.05) is 18.3 Å². The predicted octanol–water partition coefficient (Wildman–Crippen LogP) is 4.02. The smallest absolute Gasteiger partial charge is 0.274 e. The van der Waals surface area contributed by atoms with Crippen molar-refractivity contribution in [3.8, 4) is 17.2 Å². The molecule has 39 heavy (non-hydrogen) atoms. The number of nitrogens with one attached hydrogen (secondary N) is 2. The van der Waals surface area contributed by atoms with Crippen molar-refractivity contribution in [1.82, 2.24) is 29.9 Å². The second-order valence-corrected chi connectivity index (χ2v) is 8.65. The Hall–Kier alpha value is -5.44. The molecule has 0 aliphatic heterocycles. The fourth-order valence-corrected chi connectivity index (χ4v) is 4.06. The van der Waals surface area contributed by atoms with E-state index in [1.807, 2.05) is 42.6 Å². The minimum absolute atomic E-state index is 0.0430. The van der Waals surface area contributed by atoms with Gasteiger partial charge < -0.3 is 16.4 Å². The highest BCUT2D eigenvalue weighted by molar-refractivity contribution is 5.97. The van der Waals surface area contributed by atoms with Crippen molar-refractivity contribution in [1.29, 1.82) is 5.26 Å². The molecule has 2 aromatic carbocycles. The van der Waals surface area contributed by atoms with Gasteiger partial charge in [-0.3, -0.25) is 4.79 Å². The fraction of sp³-hybridized carbons (Fsp3) is 0.111. The highest BCUT2D eigenvalue weighted by Gasteiger charge is 2.20. The molecule has 0 unspecified atom stereocenters. The number of carbonyl (C=O) groups excluding carboxylic acids is 1. The number of aromatic nitrogens is 5. The number of carbonyl (C=O) groups is 1. The molecule has 1 amide bonds. The van der Waals surface area contributed by atoms with E-state index in [0.717, 1.165) is 28.8 Å². The van der Waals surface area contributed by atoms with Crippen LogP contribution in [-0.4, -0.2) is 30.5 Å². The van der Waals surface area contributed by atoms with Crippen LogP contribution in [0.1, 0.15) is 40.3 Å². The van der Waals surface area contributed by atoms with Crippen LogP contribution in [0.25, 0.3) is 16.6 Å². The zero-order valence-corrected chi connectivity index (χ0v) is 20.6. The average Bonchev–Trinajstić information content (AvgIpc) is 3.39. The lowest BCUT2D eigenvalue weighted by molar-refractivity contribution is 0.0935. The van der Waals surface area contributed by atoms with Crippen LogP contribution in [0, 0.1) is 23.0 Å². The maximum absolute atomic E-state index is 13.6. The Bertz CT molecular complexity index is 1730. The van der Waals surface area contributed by atoms with Gasteiger partial charge in [0.25, 0.3) is 5.91 Å². The van der Waals surface area contributed by atoms with E-state index >= 15 is 0 Å².